The van der Waals surface area contributed by atoms with Gasteiger partial charge in [-0.1, -0.05) is 12.1 Å². The third-order valence-electron chi connectivity index (χ3n) is 4.45. The maximum Gasteiger partial charge on any atom is 0.171 e. The predicted molar refractivity (Wildman–Crippen MR) is 104 cm³/mol. The Kier molecular flexibility index (Phi) is 5.05. The molecule has 2 aromatic carbocycles. The van der Waals surface area contributed by atoms with Crippen LogP contribution in [0.15, 0.2) is 36.4 Å². The zero-order valence-corrected chi connectivity index (χ0v) is 15.3. The Hall–Kier alpha value is -2.07. The molecule has 0 heterocycles. The predicted octanol–water partition coefficient (Wildman–Crippen LogP) is 4.68. The molecule has 0 radical (unpaired) electrons. The van der Waals surface area contributed by atoms with Gasteiger partial charge in [0.15, 0.2) is 5.11 Å². The lowest BCUT2D eigenvalue weighted by atomic mass is 9.87. The van der Waals surface area contributed by atoms with Crippen molar-refractivity contribution in [1.29, 1.82) is 0 Å². The van der Waals surface area contributed by atoms with E-state index in [-0.39, 0.29) is 6.04 Å². The summed E-state index contributed by atoms with van der Waals surface area (Å²) in [6.07, 6.45) is 3.35. The second kappa shape index (κ2) is 7.22. The highest BCUT2D eigenvalue weighted by molar-refractivity contribution is 7.80. The van der Waals surface area contributed by atoms with E-state index in [1.165, 1.54) is 22.3 Å². The van der Waals surface area contributed by atoms with E-state index in [2.05, 4.69) is 54.8 Å². The lowest BCUT2D eigenvalue weighted by Crippen LogP contribution is -2.34. The molecule has 3 rings (SSSR count). The van der Waals surface area contributed by atoms with Crippen molar-refractivity contribution < 1.29 is 4.74 Å². The molecule has 3 nitrogen and oxygen atoms in total. The fourth-order valence-corrected chi connectivity index (χ4v) is 3.70. The summed E-state index contributed by atoms with van der Waals surface area (Å²) in [7, 11) is 1.71. The fourth-order valence-electron chi connectivity index (χ4n) is 3.44. The van der Waals surface area contributed by atoms with Crippen LogP contribution in [-0.4, -0.2) is 12.2 Å². The van der Waals surface area contributed by atoms with E-state index in [0.717, 1.165) is 30.7 Å². The summed E-state index contributed by atoms with van der Waals surface area (Å²) < 4.78 is 5.34. The fraction of sp³-hybridized carbons (Fsp3) is 0.350. The van der Waals surface area contributed by atoms with Crippen molar-refractivity contribution in [2.75, 3.05) is 12.4 Å². The molecular weight excluding hydrogens is 316 g/mol. The number of fused-ring (bicyclic) bond motifs is 1. The first-order valence-electron chi connectivity index (χ1n) is 8.38. The number of rotatable bonds is 3. The zero-order valence-electron chi connectivity index (χ0n) is 14.5. The number of anilines is 1. The smallest absolute Gasteiger partial charge is 0.171 e. The SMILES string of the molecule is COc1ccc2c(c1)CCCC2NC(=S)Nc1cc(C)cc(C)c1. The quantitative estimate of drug-likeness (QED) is 0.795. The van der Waals surface area contributed by atoms with Crippen LogP contribution in [0.5, 0.6) is 5.75 Å². The Morgan fingerprint density at radius 1 is 1.12 bits per heavy atom. The summed E-state index contributed by atoms with van der Waals surface area (Å²) in [6, 6.07) is 13.0. The number of ether oxygens (including phenoxy) is 1. The summed E-state index contributed by atoms with van der Waals surface area (Å²) in [5.41, 5.74) is 6.18. The van der Waals surface area contributed by atoms with Crippen molar-refractivity contribution in [2.45, 2.75) is 39.2 Å². The molecule has 1 atom stereocenters. The van der Waals surface area contributed by atoms with Crippen LogP contribution in [0, 0.1) is 13.8 Å². The van der Waals surface area contributed by atoms with E-state index < -0.39 is 0 Å². The van der Waals surface area contributed by atoms with Gasteiger partial charge in [-0.3, -0.25) is 0 Å². The van der Waals surface area contributed by atoms with Crippen LogP contribution in [-0.2, 0) is 6.42 Å². The molecule has 126 valence electrons. The zero-order chi connectivity index (χ0) is 17.1. The average Bonchev–Trinajstić information content (AvgIpc) is 2.53. The van der Waals surface area contributed by atoms with Gasteiger partial charge in [-0.15, -0.1) is 0 Å². The molecule has 0 aromatic heterocycles. The third-order valence-corrected chi connectivity index (χ3v) is 4.67. The summed E-state index contributed by atoms with van der Waals surface area (Å²) >= 11 is 5.53. The van der Waals surface area contributed by atoms with E-state index >= 15 is 0 Å². The van der Waals surface area contributed by atoms with Crippen LogP contribution in [0.2, 0.25) is 0 Å². The van der Waals surface area contributed by atoms with Crippen molar-refractivity contribution in [1.82, 2.24) is 5.32 Å². The second-order valence-corrected chi connectivity index (χ2v) is 6.89. The van der Waals surface area contributed by atoms with Gasteiger partial charge in [0.2, 0.25) is 0 Å². The molecule has 0 spiro atoms. The molecule has 4 heteroatoms. The van der Waals surface area contributed by atoms with Crippen LogP contribution in [0.25, 0.3) is 0 Å². The van der Waals surface area contributed by atoms with Crippen LogP contribution in [0.3, 0.4) is 0 Å². The summed E-state index contributed by atoms with van der Waals surface area (Å²) in [4.78, 5) is 0. The number of hydrogen-bond donors (Lipinski definition) is 2. The van der Waals surface area contributed by atoms with E-state index in [1.807, 2.05) is 6.07 Å². The molecule has 24 heavy (non-hydrogen) atoms. The maximum atomic E-state index is 5.53. The number of aryl methyl sites for hydroxylation is 3. The molecule has 1 aliphatic carbocycles. The highest BCUT2D eigenvalue weighted by Crippen LogP contribution is 2.32. The minimum Gasteiger partial charge on any atom is -0.497 e. The molecule has 0 saturated carbocycles. The lowest BCUT2D eigenvalue weighted by molar-refractivity contribution is 0.412. The number of hydrogen-bond acceptors (Lipinski definition) is 2. The standard InChI is InChI=1S/C20H24N2OS/c1-13-9-14(2)11-16(10-13)21-20(24)22-19-6-4-5-15-12-17(23-3)7-8-18(15)19/h7-12,19H,4-6H2,1-3H3,(H2,21,22,24). The van der Waals surface area contributed by atoms with Gasteiger partial charge in [0.25, 0.3) is 0 Å². The molecule has 1 aliphatic rings. The Morgan fingerprint density at radius 3 is 2.58 bits per heavy atom. The normalized spacial score (nSPS) is 16.2. The molecule has 0 bridgehead atoms. The number of nitrogens with one attached hydrogen (secondary N) is 2. The topological polar surface area (TPSA) is 33.3 Å². The molecular formula is C20H24N2OS. The third kappa shape index (κ3) is 3.88. The van der Waals surface area contributed by atoms with Gasteiger partial charge in [0, 0.05) is 5.69 Å². The first-order valence-corrected chi connectivity index (χ1v) is 8.78. The molecule has 2 N–H and O–H groups in total. The largest absolute Gasteiger partial charge is 0.497 e. The highest BCUT2D eigenvalue weighted by Gasteiger charge is 2.21. The van der Waals surface area contributed by atoms with E-state index in [9.17, 15) is 0 Å². The van der Waals surface area contributed by atoms with E-state index in [1.54, 1.807) is 7.11 Å². The minimum atomic E-state index is 0.255. The van der Waals surface area contributed by atoms with Crippen molar-refractivity contribution in [3.8, 4) is 5.75 Å². The van der Waals surface area contributed by atoms with Crippen LogP contribution in [0.4, 0.5) is 5.69 Å². The molecule has 0 amide bonds. The maximum absolute atomic E-state index is 5.53. The first kappa shape index (κ1) is 16.8. The van der Waals surface area contributed by atoms with E-state index in [4.69, 9.17) is 17.0 Å². The molecule has 0 aliphatic heterocycles. The Morgan fingerprint density at radius 2 is 1.88 bits per heavy atom. The molecule has 0 saturated heterocycles. The van der Waals surface area contributed by atoms with Gasteiger partial charge in [0.05, 0.1) is 13.2 Å². The van der Waals surface area contributed by atoms with Gasteiger partial charge in [-0.05, 0) is 91.8 Å². The molecule has 1 unspecified atom stereocenters. The molecule has 0 fully saturated rings. The Balaban J connectivity index is 1.71. The highest BCUT2D eigenvalue weighted by atomic mass is 32.1. The Bertz CT molecular complexity index is 737. The number of thiocarbonyl (C=S) groups is 1. The van der Waals surface area contributed by atoms with Gasteiger partial charge in [-0.25, -0.2) is 0 Å². The molecule has 2 aromatic rings. The van der Waals surface area contributed by atoms with Gasteiger partial charge < -0.3 is 15.4 Å². The first-order chi connectivity index (χ1) is 11.5. The van der Waals surface area contributed by atoms with Crippen LogP contribution < -0.4 is 15.4 Å². The number of methoxy groups -OCH3 is 1. The van der Waals surface area contributed by atoms with Crippen molar-refractivity contribution in [2.24, 2.45) is 0 Å². The van der Waals surface area contributed by atoms with E-state index in [0.29, 0.717) is 5.11 Å². The van der Waals surface area contributed by atoms with Gasteiger partial charge in [0.1, 0.15) is 5.75 Å². The second-order valence-electron chi connectivity index (χ2n) is 6.48. The van der Waals surface area contributed by atoms with Gasteiger partial charge in [-0.2, -0.15) is 0 Å². The van der Waals surface area contributed by atoms with Gasteiger partial charge >= 0.3 is 0 Å². The van der Waals surface area contributed by atoms with Crippen LogP contribution in [0.1, 0.15) is 41.1 Å². The van der Waals surface area contributed by atoms with Crippen molar-refractivity contribution >= 4 is 23.0 Å². The average molecular weight is 340 g/mol. The monoisotopic (exact) mass is 340 g/mol. The number of benzene rings is 2. The minimum absolute atomic E-state index is 0.255. The summed E-state index contributed by atoms with van der Waals surface area (Å²) in [5, 5.41) is 7.47. The van der Waals surface area contributed by atoms with Crippen molar-refractivity contribution in [3.05, 3.63) is 58.7 Å². The Labute approximate surface area is 149 Å². The summed E-state index contributed by atoms with van der Waals surface area (Å²) in [5.74, 6) is 0.922. The van der Waals surface area contributed by atoms with Crippen LogP contribution >= 0.6 is 12.2 Å². The summed E-state index contributed by atoms with van der Waals surface area (Å²) in [6.45, 7) is 4.19. The lowest BCUT2D eigenvalue weighted by Gasteiger charge is -2.28. The van der Waals surface area contributed by atoms with Crippen molar-refractivity contribution in [3.63, 3.8) is 0 Å².